The summed E-state index contributed by atoms with van der Waals surface area (Å²) in [6, 6.07) is 8.08. The van der Waals surface area contributed by atoms with Gasteiger partial charge >= 0.3 is 0 Å². The van der Waals surface area contributed by atoms with Crippen molar-refractivity contribution in [3.05, 3.63) is 30.0 Å². The number of rotatable bonds is 3. The summed E-state index contributed by atoms with van der Waals surface area (Å²) in [6.07, 6.45) is 2.64. The normalized spacial score (nSPS) is 27.9. The third-order valence-corrected chi connectivity index (χ3v) is 5.28. The van der Waals surface area contributed by atoms with Crippen LogP contribution in [0.5, 0.6) is 0 Å². The second-order valence-corrected chi connectivity index (χ2v) is 7.39. The van der Waals surface area contributed by atoms with E-state index >= 15 is 0 Å². The molecule has 2 aliphatic heterocycles. The smallest absolute Gasteiger partial charge is 0.275 e. The monoisotopic (exact) mass is 342 g/mol. The van der Waals surface area contributed by atoms with Gasteiger partial charge in [-0.1, -0.05) is 18.2 Å². The second-order valence-electron chi connectivity index (χ2n) is 7.39. The number of morpholine rings is 1. The molecule has 3 atom stereocenters. The quantitative estimate of drug-likeness (QED) is 0.930. The first-order valence-electron chi connectivity index (χ1n) is 9.23. The van der Waals surface area contributed by atoms with E-state index in [-0.39, 0.29) is 24.2 Å². The van der Waals surface area contributed by atoms with Crippen molar-refractivity contribution in [1.29, 1.82) is 0 Å². The Morgan fingerprint density at radius 2 is 2.04 bits per heavy atom. The van der Waals surface area contributed by atoms with Crippen molar-refractivity contribution in [2.24, 2.45) is 0 Å². The summed E-state index contributed by atoms with van der Waals surface area (Å²) in [4.78, 5) is 17.6. The molecule has 2 aromatic rings. The summed E-state index contributed by atoms with van der Waals surface area (Å²) in [6.45, 7) is 7.86. The Morgan fingerprint density at radius 3 is 2.84 bits per heavy atom. The summed E-state index contributed by atoms with van der Waals surface area (Å²) in [5.41, 5.74) is 1.46. The van der Waals surface area contributed by atoms with Gasteiger partial charge in [-0.3, -0.25) is 14.8 Å². The van der Waals surface area contributed by atoms with E-state index in [1.54, 1.807) is 0 Å². The molecule has 0 unspecified atom stereocenters. The fourth-order valence-electron chi connectivity index (χ4n) is 4.29. The second kappa shape index (κ2) is 6.77. The van der Waals surface area contributed by atoms with Crippen LogP contribution in [-0.4, -0.2) is 70.3 Å². The van der Waals surface area contributed by atoms with E-state index in [2.05, 4.69) is 28.9 Å². The van der Waals surface area contributed by atoms with E-state index in [1.165, 1.54) is 0 Å². The fourth-order valence-corrected chi connectivity index (χ4v) is 4.29. The van der Waals surface area contributed by atoms with Crippen LogP contribution in [0.25, 0.3) is 10.9 Å². The average molecular weight is 342 g/mol. The molecule has 1 aromatic carbocycles. The number of benzene rings is 1. The molecule has 2 aliphatic rings. The Kier molecular flexibility index (Phi) is 4.48. The highest BCUT2D eigenvalue weighted by Crippen LogP contribution is 2.24. The third-order valence-electron chi connectivity index (χ3n) is 5.28. The maximum Gasteiger partial charge on any atom is 0.275 e. The average Bonchev–Trinajstić information content (AvgIpc) is 3.20. The Hall–Kier alpha value is -1.92. The molecule has 1 aromatic heterocycles. The lowest BCUT2D eigenvalue weighted by Crippen LogP contribution is -2.51. The van der Waals surface area contributed by atoms with E-state index < -0.39 is 0 Å². The molecule has 0 aliphatic carbocycles. The van der Waals surface area contributed by atoms with Gasteiger partial charge in [0.2, 0.25) is 0 Å². The molecule has 25 heavy (non-hydrogen) atoms. The number of nitrogens with zero attached hydrogens (tertiary/aromatic N) is 3. The van der Waals surface area contributed by atoms with E-state index in [0.29, 0.717) is 5.69 Å². The molecule has 2 saturated heterocycles. The molecule has 3 heterocycles. The largest absolute Gasteiger partial charge is 0.373 e. The van der Waals surface area contributed by atoms with Crippen molar-refractivity contribution in [2.45, 2.75) is 44.9 Å². The number of hydrogen-bond acceptors (Lipinski definition) is 4. The minimum absolute atomic E-state index is 0.0503. The van der Waals surface area contributed by atoms with Gasteiger partial charge in [0.15, 0.2) is 5.69 Å². The summed E-state index contributed by atoms with van der Waals surface area (Å²) < 4.78 is 5.83. The van der Waals surface area contributed by atoms with Crippen molar-refractivity contribution in [1.82, 2.24) is 20.0 Å². The lowest BCUT2D eigenvalue weighted by Gasteiger charge is -2.38. The number of fused-ring (bicyclic) bond motifs is 1. The van der Waals surface area contributed by atoms with Gasteiger partial charge in [0.25, 0.3) is 5.91 Å². The SMILES string of the molecule is C[C@@H]1CN(C[C@@H]2CCCN2C(=O)c2n[nH]c3ccccc23)C[C@H](C)O1. The van der Waals surface area contributed by atoms with Crippen molar-refractivity contribution < 1.29 is 9.53 Å². The zero-order chi connectivity index (χ0) is 17.4. The van der Waals surface area contributed by atoms with Gasteiger partial charge in [-0.15, -0.1) is 0 Å². The molecule has 0 bridgehead atoms. The summed E-state index contributed by atoms with van der Waals surface area (Å²) >= 11 is 0. The number of carbonyl (C=O) groups excluding carboxylic acids is 1. The lowest BCUT2D eigenvalue weighted by molar-refractivity contribution is -0.0715. The molecule has 6 nitrogen and oxygen atoms in total. The standard InChI is InChI=1S/C19H26N4O2/c1-13-10-22(11-14(2)25-13)12-15-6-5-9-23(15)19(24)18-16-7-3-4-8-17(16)20-21-18/h3-4,7-8,13-15H,5-6,9-12H2,1-2H3,(H,20,21)/t13-,14+,15-/m0/s1. The number of nitrogens with one attached hydrogen (secondary N) is 1. The fraction of sp³-hybridized carbons (Fsp3) is 0.579. The molecular formula is C19H26N4O2. The first-order chi connectivity index (χ1) is 12.1. The Labute approximate surface area is 148 Å². The van der Waals surface area contributed by atoms with E-state index in [9.17, 15) is 4.79 Å². The Morgan fingerprint density at radius 1 is 1.28 bits per heavy atom. The van der Waals surface area contributed by atoms with Crippen LogP contribution in [0.15, 0.2) is 24.3 Å². The summed E-state index contributed by atoms with van der Waals surface area (Å²) in [5, 5.41) is 8.18. The van der Waals surface area contributed by atoms with Gasteiger partial charge in [-0.05, 0) is 32.8 Å². The molecule has 2 fully saturated rings. The lowest BCUT2D eigenvalue weighted by atomic mass is 10.1. The van der Waals surface area contributed by atoms with Crippen LogP contribution >= 0.6 is 0 Å². The molecule has 4 rings (SSSR count). The van der Waals surface area contributed by atoms with Crippen LogP contribution in [-0.2, 0) is 4.74 Å². The number of aromatic amines is 1. The minimum Gasteiger partial charge on any atom is -0.373 e. The van der Waals surface area contributed by atoms with E-state index in [0.717, 1.165) is 49.9 Å². The highest BCUT2D eigenvalue weighted by molar-refractivity contribution is 6.04. The number of para-hydroxylation sites is 1. The van der Waals surface area contributed by atoms with E-state index in [1.807, 2.05) is 29.2 Å². The first kappa shape index (κ1) is 16.5. The summed E-state index contributed by atoms with van der Waals surface area (Å²) in [5.74, 6) is 0.0503. The number of carbonyl (C=O) groups is 1. The minimum atomic E-state index is 0.0503. The third kappa shape index (κ3) is 3.28. The Bertz CT molecular complexity index is 749. The van der Waals surface area contributed by atoms with Gasteiger partial charge < -0.3 is 9.64 Å². The van der Waals surface area contributed by atoms with Crippen LogP contribution in [0.1, 0.15) is 37.2 Å². The Balaban J connectivity index is 1.50. The molecular weight excluding hydrogens is 316 g/mol. The predicted molar refractivity (Wildman–Crippen MR) is 96.6 cm³/mol. The van der Waals surface area contributed by atoms with Crippen LogP contribution in [0.4, 0.5) is 0 Å². The van der Waals surface area contributed by atoms with Gasteiger partial charge in [0.05, 0.1) is 17.7 Å². The molecule has 134 valence electrons. The highest BCUT2D eigenvalue weighted by atomic mass is 16.5. The number of hydrogen-bond donors (Lipinski definition) is 1. The van der Waals surface area contributed by atoms with Crippen molar-refractivity contribution in [2.75, 3.05) is 26.2 Å². The van der Waals surface area contributed by atoms with Crippen LogP contribution in [0.3, 0.4) is 0 Å². The van der Waals surface area contributed by atoms with Crippen molar-refractivity contribution >= 4 is 16.8 Å². The topological polar surface area (TPSA) is 61.5 Å². The number of likely N-dealkylation sites (tertiary alicyclic amines) is 1. The van der Waals surface area contributed by atoms with Crippen LogP contribution in [0, 0.1) is 0 Å². The van der Waals surface area contributed by atoms with Crippen molar-refractivity contribution in [3.8, 4) is 0 Å². The number of H-pyrrole nitrogens is 1. The molecule has 0 saturated carbocycles. The summed E-state index contributed by atoms with van der Waals surface area (Å²) in [7, 11) is 0. The van der Waals surface area contributed by atoms with Gasteiger partial charge in [0, 0.05) is 37.6 Å². The zero-order valence-corrected chi connectivity index (χ0v) is 14.9. The van der Waals surface area contributed by atoms with E-state index in [4.69, 9.17) is 4.74 Å². The molecule has 0 spiro atoms. The first-order valence-corrected chi connectivity index (χ1v) is 9.23. The number of aromatic nitrogens is 2. The predicted octanol–water partition coefficient (Wildman–Crippen LogP) is 2.28. The maximum absolute atomic E-state index is 13.1. The van der Waals surface area contributed by atoms with Gasteiger partial charge in [-0.25, -0.2) is 0 Å². The molecule has 1 N–H and O–H groups in total. The van der Waals surface area contributed by atoms with Gasteiger partial charge in [-0.2, -0.15) is 5.10 Å². The molecule has 1 amide bonds. The van der Waals surface area contributed by atoms with Crippen LogP contribution < -0.4 is 0 Å². The zero-order valence-electron chi connectivity index (χ0n) is 14.9. The number of amides is 1. The molecule has 0 radical (unpaired) electrons. The highest BCUT2D eigenvalue weighted by Gasteiger charge is 2.34. The van der Waals surface area contributed by atoms with Crippen LogP contribution in [0.2, 0.25) is 0 Å². The molecule has 6 heteroatoms. The number of ether oxygens (including phenoxy) is 1. The van der Waals surface area contributed by atoms with Crippen molar-refractivity contribution in [3.63, 3.8) is 0 Å². The van der Waals surface area contributed by atoms with Gasteiger partial charge in [0.1, 0.15) is 0 Å². The maximum atomic E-state index is 13.1.